The van der Waals surface area contributed by atoms with Gasteiger partial charge in [-0.2, -0.15) is 0 Å². The van der Waals surface area contributed by atoms with Gasteiger partial charge >= 0.3 is 5.97 Å². The Morgan fingerprint density at radius 1 is 0.862 bits per heavy atom. The van der Waals surface area contributed by atoms with Crippen molar-refractivity contribution in [2.45, 2.75) is 25.7 Å². The molecule has 150 valence electrons. The molecule has 0 atom stereocenters. The Labute approximate surface area is 171 Å². The fourth-order valence-corrected chi connectivity index (χ4v) is 3.29. The van der Waals surface area contributed by atoms with Crippen LogP contribution in [-0.4, -0.2) is 30.3 Å². The third-order valence-electron chi connectivity index (χ3n) is 4.93. The fourth-order valence-electron chi connectivity index (χ4n) is 3.29. The second kappa shape index (κ2) is 9.73. The van der Waals surface area contributed by atoms with Crippen LogP contribution in [0.15, 0.2) is 60.8 Å². The van der Waals surface area contributed by atoms with Gasteiger partial charge in [0.2, 0.25) is 0 Å². The van der Waals surface area contributed by atoms with Crippen molar-refractivity contribution in [1.29, 1.82) is 0 Å². The molecular weight excluding hydrogens is 366 g/mol. The Balaban J connectivity index is 1.67. The van der Waals surface area contributed by atoms with Crippen molar-refractivity contribution in [2.24, 2.45) is 0 Å². The van der Waals surface area contributed by atoms with E-state index in [1.54, 1.807) is 26.4 Å². The monoisotopic (exact) mass is 391 g/mol. The largest absolute Gasteiger partial charge is 0.497 e. The van der Waals surface area contributed by atoms with Gasteiger partial charge in [0, 0.05) is 18.0 Å². The molecule has 5 heteroatoms. The highest BCUT2D eigenvalue weighted by molar-refractivity contribution is 5.87. The third kappa shape index (κ3) is 5.57. The highest BCUT2D eigenvalue weighted by Crippen LogP contribution is 2.24. The number of benzene rings is 2. The summed E-state index contributed by atoms with van der Waals surface area (Å²) in [6.07, 6.45) is 5.18. The molecule has 0 bridgehead atoms. The average Bonchev–Trinajstić information content (AvgIpc) is 2.76. The van der Waals surface area contributed by atoms with Crippen LogP contribution in [0.25, 0.3) is 0 Å². The standard InChI is InChI=1S/C24H25NO4/c1-28-21-14-18(15-22(16-21)29-2)7-9-19-4-3-13-25-23(19)12-8-17-5-10-20(11-6-17)24(26)27/h3-6,10-11,13-16H,7-9,12H2,1-2H3,(H,26,27). The Kier molecular flexibility index (Phi) is 6.85. The Hall–Kier alpha value is -3.34. The molecular formula is C24H25NO4. The van der Waals surface area contributed by atoms with Crippen molar-refractivity contribution in [2.75, 3.05) is 14.2 Å². The number of aromatic carboxylic acids is 1. The second-order valence-corrected chi connectivity index (χ2v) is 6.83. The van der Waals surface area contributed by atoms with Gasteiger partial charge in [0.1, 0.15) is 11.5 Å². The van der Waals surface area contributed by atoms with E-state index in [4.69, 9.17) is 14.6 Å². The Bertz CT molecular complexity index is 945. The number of nitrogens with zero attached hydrogens (tertiary/aromatic N) is 1. The summed E-state index contributed by atoms with van der Waals surface area (Å²) in [5.41, 5.74) is 4.85. The molecule has 0 spiro atoms. The highest BCUT2D eigenvalue weighted by Gasteiger charge is 2.08. The number of carbonyl (C=O) groups is 1. The molecule has 5 nitrogen and oxygen atoms in total. The zero-order chi connectivity index (χ0) is 20.6. The van der Waals surface area contributed by atoms with Gasteiger partial charge < -0.3 is 14.6 Å². The summed E-state index contributed by atoms with van der Waals surface area (Å²) in [5, 5.41) is 9.01. The number of carboxylic acids is 1. The molecule has 0 unspecified atom stereocenters. The average molecular weight is 391 g/mol. The number of rotatable bonds is 9. The normalized spacial score (nSPS) is 10.6. The van der Waals surface area contributed by atoms with Gasteiger partial charge in [-0.15, -0.1) is 0 Å². The van der Waals surface area contributed by atoms with Gasteiger partial charge in [-0.05, 0) is 72.7 Å². The van der Waals surface area contributed by atoms with E-state index >= 15 is 0 Å². The van der Waals surface area contributed by atoms with Crippen LogP contribution in [0.3, 0.4) is 0 Å². The first-order valence-corrected chi connectivity index (χ1v) is 9.56. The molecule has 0 amide bonds. The van der Waals surface area contributed by atoms with E-state index in [0.717, 1.165) is 54.0 Å². The lowest BCUT2D eigenvalue weighted by Gasteiger charge is -2.11. The molecule has 0 aliphatic carbocycles. The van der Waals surface area contributed by atoms with Gasteiger partial charge in [-0.25, -0.2) is 4.79 Å². The summed E-state index contributed by atoms with van der Waals surface area (Å²) in [6, 6.07) is 17.0. The molecule has 0 fully saturated rings. The SMILES string of the molecule is COc1cc(CCc2cccnc2CCc2ccc(C(=O)O)cc2)cc(OC)c1. The molecule has 3 rings (SSSR count). The van der Waals surface area contributed by atoms with E-state index in [2.05, 4.69) is 11.1 Å². The molecule has 0 saturated carbocycles. The molecule has 0 saturated heterocycles. The molecule has 1 heterocycles. The summed E-state index contributed by atoms with van der Waals surface area (Å²) in [4.78, 5) is 15.6. The minimum Gasteiger partial charge on any atom is -0.497 e. The van der Waals surface area contributed by atoms with Gasteiger partial charge in [0.25, 0.3) is 0 Å². The number of aryl methyl sites for hydroxylation is 4. The number of aromatic nitrogens is 1. The van der Waals surface area contributed by atoms with Crippen LogP contribution in [-0.2, 0) is 25.7 Å². The van der Waals surface area contributed by atoms with E-state index in [1.165, 1.54) is 5.56 Å². The maximum Gasteiger partial charge on any atom is 0.335 e. The minimum atomic E-state index is -0.905. The molecule has 3 aromatic rings. The summed E-state index contributed by atoms with van der Waals surface area (Å²) >= 11 is 0. The Morgan fingerprint density at radius 3 is 2.14 bits per heavy atom. The predicted molar refractivity (Wildman–Crippen MR) is 112 cm³/mol. The minimum absolute atomic E-state index is 0.306. The predicted octanol–water partition coefficient (Wildman–Crippen LogP) is 4.37. The lowest BCUT2D eigenvalue weighted by molar-refractivity contribution is 0.0697. The summed E-state index contributed by atoms with van der Waals surface area (Å²) in [7, 11) is 3.31. The smallest absolute Gasteiger partial charge is 0.335 e. The van der Waals surface area contributed by atoms with Crippen LogP contribution >= 0.6 is 0 Å². The summed E-state index contributed by atoms with van der Waals surface area (Å²) in [6.45, 7) is 0. The molecule has 0 radical (unpaired) electrons. The van der Waals surface area contributed by atoms with E-state index in [0.29, 0.717) is 5.56 Å². The van der Waals surface area contributed by atoms with Gasteiger partial charge in [0.05, 0.1) is 19.8 Å². The number of pyridine rings is 1. The van der Waals surface area contributed by atoms with E-state index in [-0.39, 0.29) is 0 Å². The maximum atomic E-state index is 11.0. The molecule has 2 aromatic carbocycles. The second-order valence-electron chi connectivity index (χ2n) is 6.83. The van der Waals surface area contributed by atoms with Crippen LogP contribution < -0.4 is 9.47 Å². The van der Waals surface area contributed by atoms with Crippen molar-refractivity contribution in [3.05, 3.63) is 88.7 Å². The number of hydrogen-bond acceptors (Lipinski definition) is 4. The van der Waals surface area contributed by atoms with Crippen LogP contribution in [0.2, 0.25) is 0 Å². The Morgan fingerprint density at radius 2 is 1.52 bits per heavy atom. The first kappa shape index (κ1) is 20.4. The van der Waals surface area contributed by atoms with Crippen LogP contribution in [0.1, 0.15) is 32.7 Å². The van der Waals surface area contributed by atoms with E-state index < -0.39 is 5.97 Å². The first-order chi connectivity index (χ1) is 14.1. The van der Waals surface area contributed by atoms with Crippen LogP contribution in [0.4, 0.5) is 0 Å². The van der Waals surface area contributed by atoms with Crippen LogP contribution in [0, 0.1) is 0 Å². The number of hydrogen-bond donors (Lipinski definition) is 1. The van der Waals surface area contributed by atoms with Gasteiger partial charge in [0.15, 0.2) is 0 Å². The third-order valence-corrected chi connectivity index (χ3v) is 4.93. The number of methoxy groups -OCH3 is 2. The molecule has 0 aliphatic rings. The summed E-state index contributed by atoms with van der Waals surface area (Å²) in [5.74, 6) is 0.670. The van der Waals surface area contributed by atoms with Gasteiger partial charge in [-0.1, -0.05) is 18.2 Å². The van der Waals surface area contributed by atoms with Crippen molar-refractivity contribution >= 4 is 5.97 Å². The molecule has 29 heavy (non-hydrogen) atoms. The quantitative estimate of drug-likeness (QED) is 0.587. The van der Waals surface area contributed by atoms with Crippen molar-refractivity contribution in [3.8, 4) is 11.5 Å². The van der Waals surface area contributed by atoms with Crippen LogP contribution in [0.5, 0.6) is 11.5 Å². The van der Waals surface area contributed by atoms with Gasteiger partial charge in [-0.3, -0.25) is 4.98 Å². The highest BCUT2D eigenvalue weighted by atomic mass is 16.5. The maximum absolute atomic E-state index is 11.0. The zero-order valence-corrected chi connectivity index (χ0v) is 16.7. The lowest BCUT2D eigenvalue weighted by Crippen LogP contribution is -2.03. The molecule has 1 N–H and O–H groups in total. The van der Waals surface area contributed by atoms with Crippen molar-refractivity contribution in [3.63, 3.8) is 0 Å². The topological polar surface area (TPSA) is 68.7 Å². The van der Waals surface area contributed by atoms with E-state index in [9.17, 15) is 4.79 Å². The molecule has 1 aromatic heterocycles. The fraction of sp³-hybridized carbons (Fsp3) is 0.250. The zero-order valence-electron chi connectivity index (χ0n) is 16.7. The lowest BCUT2D eigenvalue weighted by atomic mass is 9.99. The summed E-state index contributed by atoms with van der Waals surface area (Å²) < 4.78 is 10.7. The van der Waals surface area contributed by atoms with Crippen molar-refractivity contribution < 1.29 is 19.4 Å². The number of ether oxygens (including phenoxy) is 2. The molecule has 0 aliphatic heterocycles. The van der Waals surface area contributed by atoms with E-state index in [1.807, 2.05) is 42.6 Å². The van der Waals surface area contributed by atoms with Crippen molar-refractivity contribution in [1.82, 2.24) is 4.98 Å². The first-order valence-electron chi connectivity index (χ1n) is 9.56. The number of carboxylic acid groups (broad SMARTS) is 1.